The number of fused-ring (bicyclic) bond motifs is 2. The van der Waals surface area contributed by atoms with Crippen LogP contribution in [0.15, 0.2) is 24.3 Å². The number of ether oxygens (including phenoxy) is 1. The molecule has 2 aliphatic rings. The van der Waals surface area contributed by atoms with Gasteiger partial charge in [-0.1, -0.05) is 12.1 Å². The van der Waals surface area contributed by atoms with E-state index in [0.29, 0.717) is 31.0 Å². The van der Waals surface area contributed by atoms with Gasteiger partial charge in [-0.25, -0.2) is 0 Å². The van der Waals surface area contributed by atoms with E-state index < -0.39 is 6.36 Å². The minimum atomic E-state index is -4.69. The third kappa shape index (κ3) is 5.77. The first-order valence-corrected chi connectivity index (χ1v) is 8.63. The van der Waals surface area contributed by atoms with Crippen molar-refractivity contribution in [2.24, 2.45) is 5.92 Å². The zero-order valence-corrected chi connectivity index (χ0v) is 15.4. The molecule has 2 atom stereocenters. The molecule has 4 nitrogen and oxygen atoms in total. The van der Waals surface area contributed by atoms with E-state index in [1.54, 1.807) is 24.1 Å². The lowest BCUT2D eigenvalue weighted by molar-refractivity contribution is -0.274. The van der Waals surface area contributed by atoms with Crippen LogP contribution in [0.3, 0.4) is 0 Å². The summed E-state index contributed by atoms with van der Waals surface area (Å²) in [7, 11) is 1.73. The lowest BCUT2D eigenvalue weighted by Crippen LogP contribution is -2.39. The van der Waals surface area contributed by atoms with E-state index >= 15 is 0 Å². The van der Waals surface area contributed by atoms with E-state index in [2.05, 4.69) is 10.1 Å². The minimum Gasteiger partial charge on any atom is -0.406 e. The van der Waals surface area contributed by atoms with Gasteiger partial charge in [0.15, 0.2) is 0 Å². The molecule has 0 aliphatic carbocycles. The molecule has 26 heavy (non-hydrogen) atoms. The molecule has 146 valence electrons. The van der Waals surface area contributed by atoms with Crippen LogP contribution in [0.2, 0.25) is 0 Å². The highest BCUT2D eigenvalue weighted by molar-refractivity contribution is 5.85. The topological polar surface area (TPSA) is 41.6 Å². The Labute approximate surface area is 157 Å². The summed E-state index contributed by atoms with van der Waals surface area (Å²) >= 11 is 0. The van der Waals surface area contributed by atoms with Crippen molar-refractivity contribution in [3.63, 3.8) is 0 Å². The van der Waals surface area contributed by atoms with Crippen molar-refractivity contribution in [2.75, 3.05) is 7.05 Å². The number of rotatable bonds is 5. The Kier molecular flexibility index (Phi) is 6.80. The summed E-state index contributed by atoms with van der Waals surface area (Å²) in [6.45, 7) is 0.378. The van der Waals surface area contributed by atoms with E-state index in [0.717, 1.165) is 18.4 Å². The molecule has 0 spiro atoms. The van der Waals surface area contributed by atoms with Crippen LogP contribution in [-0.2, 0) is 11.3 Å². The van der Waals surface area contributed by atoms with Crippen molar-refractivity contribution in [1.29, 1.82) is 0 Å². The van der Waals surface area contributed by atoms with Crippen LogP contribution in [0, 0.1) is 5.92 Å². The second kappa shape index (κ2) is 8.48. The second-order valence-corrected chi connectivity index (χ2v) is 7.12. The fourth-order valence-corrected chi connectivity index (χ4v) is 3.90. The Balaban J connectivity index is 0.00000243. The molecule has 2 bridgehead atoms. The standard InChI is InChI=1S/C18H23F3N2O2.ClH/c1-23(11-12-2-6-16(7-3-12)25-18(19,20)21)17(24)10-13-8-14-4-5-15(9-13)22-14;/h2-3,6-7,13-15,22H,4-5,8-11H2,1H3;1H. The van der Waals surface area contributed by atoms with Crippen LogP contribution in [0.25, 0.3) is 0 Å². The Morgan fingerprint density at radius 3 is 2.31 bits per heavy atom. The summed E-state index contributed by atoms with van der Waals surface area (Å²) in [5, 5.41) is 3.57. The lowest BCUT2D eigenvalue weighted by atomic mass is 9.89. The largest absolute Gasteiger partial charge is 0.573 e. The third-order valence-corrected chi connectivity index (χ3v) is 5.04. The van der Waals surface area contributed by atoms with Crippen molar-refractivity contribution >= 4 is 18.3 Å². The number of nitrogens with one attached hydrogen (secondary N) is 1. The summed E-state index contributed by atoms with van der Waals surface area (Å²) in [6, 6.07) is 6.76. The van der Waals surface area contributed by atoms with Crippen LogP contribution < -0.4 is 10.1 Å². The SMILES string of the molecule is CN(Cc1ccc(OC(F)(F)F)cc1)C(=O)CC1CC2CCC(C1)N2.Cl. The number of amides is 1. The fourth-order valence-electron chi connectivity index (χ4n) is 3.90. The smallest absolute Gasteiger partial charge is 0.406 e. The average molecular weight is 393 g/mol. The average Bonchev–Trinajstić information content (AvgIpc) is 2.86. The first-order valence-electron chi connectivity index (χ1n) is 8.63. The molecule has 2 aliphatic heterocycles. The molecule has 0 radical (unpaired) electrons. The van der Waals surface area contributed by atoms with Crippen LogP contribution in [0.5, 0.6) is 5.75 Å². The molecule has 0 saturated carbocycles. The van der Waals surface area contributed by atoms with Crippen molar-refractivity contribution in [3.05, 3.63) is 29.8 Å². The van der Waals surface area contributed by atoms with Crippen molar-refractivity contribution in [1.82, 2.24) is 10.2 Å². The lowest BCUT2D eigenvalue weighted by Gasteiger charge is -2.30. The molecule has 2 heterocycles. The van der Waals surface area contributed by atoms with Crippen molar-refractivity contribution in [2.45, 2.75) is 57.1 Å². The maximum absolute atomic E-state index is 12.4. The van der Waals surface area contributed by atoms with E-state index in [9.17, 15) is 18.0 Å². The predicted octanol–water partition coefficient (Wildman–Crippen LogP) is 3.89. The van der Waals surface area contributed by atoms with Gasteiger partial charge in [-0.3, -0.25) is 4.79 Å². The molecule has 2 unspecified atom stereocenters. The number of hydrogen-bond donors (Lipinski definition) is 1. The van der Waals surface area contributed by atoms with E-state index in [1.807, 2.05) is 0 Å². The molecule has 1 amide bonds. The maximum atomic E-state index is 12.4. The second-order valence-electron chi connectivity index (χ2n) is 7.12. The molecule has 1 aromatic rings. The summed E-state index contributed by atoms with van der Waals surface area (Å²) in [5.41, 5.74) is 0.774. The quantitative estimate of drug-likeness (QED) is 0.826. The molecule has 8 heteroatoms. The predicted molar refractivity (Wildman–Crippen MR) is 94.1 cm³/mol. The van der Waals surface area contributed by atoms with Gasteiger partial charge in [-0.05, 0) is 49.3 Å². The molecule has 1 N–H and O–H groups in total. The Bertz CT molecular complexity index is 597. The summed E-state index contributed by atoms with van der Waals surface area (Å²) in [5.74, 6) is 0.258. The zero-order chi connectivity index (χ0) is 18.0. The molecular weight excluding hydrogens is 369 g/mol. The van der Waals surface area contributed by atoms with Gasteiger partial charge >= 0.3 is 6.36 Å². The molecular formula is C18H24ClF3N2O2. The Morgan fingerprint density at radius 2 is 1.77 bits per heavy atom. The van der Waals surface area contributed by atoms with E-state index in [-0.39, 0.29) is 24.1 Å². The molecule has 0 aromatic heterocycles. The van der Waals surface area contributed by atoms with Gasteiger partial charge < -0.3 is 15.0 Å². The third-order valence-electron chi connectivity index (χ3n) is 5.04. The first-order chi connectivity index (χ1) is 11.8. The highest BCUT2D eigenvalue weighted by Crippen LogP contribution is 2.33. The van der Waals surface area contributed by atoms with Crippen LogP contribution in [0.1, 0.15) is 37.7 Å². The van der Waals surface area contributed by atoms with E-state index in [1.165, 1.54) is 25.0 Å². The minimum absolute atomic E-state index is 0. The van der Waals surface area contributed by atoms with Gasteiger partial charge in [0.2, 0.25) is 5.91 Å². The van der Waals surface area contributed by atoms with Crippen LogP contribution >= 0.6 is 12.4 Å². The number of piperidine rings is 1. The summed E-state index contributed by atoms with van der Waals surface area (Å²) < 4.78 is 40.3. The number of halogens is 4. The number of carbonyl (C=O) groups excluding carboxylic acids is 1. The van der Waals surface area contributed by atoms with Gasteiger partial charge in [0.05, 0.1) is 0 Å². The monoisotopic (exact) mass is 392 g/mol. The van der Waals surface area contributed by atoms with Crippen molar-refractivity contribution in [3.8, 4) is 5.75 Å². The molecule has 2 fully saturated rings. The number of nitrogens with zero attached hydrogens (tertiary/aromatic N) is 1. The molecule has 1 aromatic carbocycles. The maximum Gasteiger partial charge on any atom is 0.573 e. The highest BCUT2D eigenvalue weighted by Gasteiger charge is 2.34. The van der Waals surface area contributed by atoms with Gasteiger partial charge in [0, 0.05) is 32.1 Å². The summed E-state index contributed by atoms with van der Waals surface area (Å²) in [4.78, 5) is 14.1. The van der Waals surface area contributed by atoms with Crippen LogP contribution in [0.4, 0.5) is 13.2 Å². The number of hydrogen-bond acceptors (Lipinski definition) is 3. The summed E-state index contributed by atoms with van der Waals surface area (Å²) in [6.07, 6.45) is 0.372. The Hall–Kier alpha value is -1.47. The van der Waals surface area contributed by atoms with Gasteiger partial charge in [0.1, 0.15) is 5.75 Å². The number of alkyl halides is 3. The fraction of sp³-hybridized carbons (Fsp3) is 0.611. The number of benzene rings is 1. The number of carbonyl (C=O) groups is 1. The highest BCUT2D eigenvalue weighted by atomic mass is 35.5. The molecule has 2 saturated heterocycles. The Morgan fingerprint density at radius 1 is 1.19 bits per heavy atom. The van der Waals surface area contributed by atoms with E-state index in [4.69, 9.17) is 0 Å². The zero-order valence-electron chi connectivity index (χ0n) is 14.6. The first kappa shape index (κ1) is 20.8. The normalized spacial score (nSPS) is 24.7. The van der Waals surface area contributed by atoms with Crippen LogP contribution in [-0.4, -0.2) is 36.3 Å². The van der Waals surface area contributed by atoms with Gasteiger partial charge in [0.25, 0.3) is 0 Å². The van der Waals surface area contributed by atoms with Gasteiger partial charge in [-0.2, -0.15) is 0 Å². The van der Waals surface area contributed by atoms with Gasteiger partial charge in [-0.15, -0.1) is 25.6 Å². The molecule has 3 rings (SSSR count). The van der Waals surface area contributed by atoms with Crippen molar-refractivity contribution < 1.29 is 22.7 Å².